The third-order valence-electron chi connectivity index (χ3n) is 4.50. The highest BCUT2D eigenvalue weighted by Gasteiger charge is 2.19. The summed E-state index contributed by atoms with van der Waals surface area (Å²) < 4.78 is 15.7. The molecule has 3 N–H and O–H groups in total. The maximum Gasteiger partial charge on any atom is 0.228 e. The largest absolute Gasteiger partial charge is 0.508 e. The van der Waals surface area contributed by atoms with Crippen molar-refractivity contribution in [3.63, 3.8) is 0 Å². The Bertz CT molecular complexity index is 1210. The molecule has 0 aliphatic rings. The van der Waals surface area contributed by atoms with Gasteiger partial charge in [0.2, 0.25) is 5.91 Å². The van der Waals surface area contributed by atoms with Crippen LogP contribution in [0.15, 0.2) is 48.9 Å². The fourth-order valence-electron chi connectivity index (χ4n) is 3.21. The summed E-state index contributed by atoms with van der Waals surface area (Å²) in [6.07, 6.45) is 4.90. The third-order valence-corrected chi connectivity index (χ3v) is 4.50. The van der Waals surface area contributed by atoms with E-state index in [0.717, 1.165) is 10.9 Å². The molecule has 0 aliphatic carbocycles. The van der Waals surface area contributed by atoms with E-state index < -0.39 is 5.67 Å². The number of hydrogen-bond acceptors (Lipinski definition) is 5. The van der Waals surface area contributed by atoms with E-state index in [1.54, 1.807) is 47.4 Å². The van der Waals surface area contributed by atoms with Crippen molar-refractivity contribution in [2.45, 2.75) is 32.5 Å². The number of aromatic nitrogens is 5. The summed E-state index contributed by atoms with van der Waals surface area (Å²) in [5, 5.41) is 24.3. The number of carbonyl (C=O) groups excluding carboxylic acids is 1. The van der Waals surface area contributed by atoms with Crippen molar-refractivity contribution in [2.75, 3.05) is 5.32 Å². The second kappa shape index (κ2) is 7.58. The minimum absolute atomic E-state index is 0.101. The number of anilines is 1. The van der Waals surface area contributed by atoms with Gasteiger partial charge in [-0.25, -0.2) is 4.39 Å². The molecular weight excluding hydrogens is 387 g/mol. The molecular formula is C21H21FN6O2. The molecule has 0 bridgehead atoms. The van der Waals surface area contributed by atoms with Crippen LogP contribution < -0.4 is 5.32 Å². The van der Waals surface area contributed by atoms with Crippen molar-refractivity contribution in [1.29, 1.82) is 0 Å². The molecule has 0 saturated heterocycles. The van der Waals surface area contributed by atoms with Crippen molar-refractivity contribution in [2.24, 2.45) is 0 Å². The van der Waals surface area contributed by atoms with Crippen LogP contribution in [-0.4, -0.2) is 41.6 Å². The molecule has 154 valence electrons. The fraction of sp³-hybridized carbons (Fsp3) is 0.238. The molecule has 9 heteroatoms. The topological polar surface area (TPSA) is 109 Å². The van der Waals surface area contributed by atoms with E-state index in [0.29, 0.717) is 22.6 Å². The SMILES string of the molecule is CC(C)(F)Cn1ncc2cnc(-c3[nH]ncc3NC(=O)Cc3cccc(O)c3)cc21. The Morgan fingerprint density at radius 1 is 1.27 bits per heavy atom. The van der Waals surface area contributed by atoms with Crippen molar-refractivity contribution >= 4 is 22.5 Å². The van der Waals surface area contributed by atoms with Gasteiger partial charge in [-0.2, -0.15) is 10.2 Å². The second-order valence-corrected chi connectivity index (χ2v) is 7.70. The molecule has 3 heterocycles. The number of hydrogen-bond donors (Lipinski definition) is 3. The number of fused-ring (bicyclic) bond motifs is 1. The van der Waals surface area contributed by atoms with Gasteiger partial charge < -0.3 is 10.4 Å². The molecule has 0 unspecified atom stereocenters. The summed E-state index contributed by atoms with van der Waals surface area (Å²) in [7, 11) is 0. The number of halogens is 1. The highest BCUT2D eigenvalue weighted by Crippen LogP contribution is 2.27. The molecule has 4 aromatic rings. The molecule has 4 rings (SSSR count). The minimum Gasteiger partial charge on any atom is -0.508 e. The predicted molar refractivity (Wildman–Crippen MR) is 111 cm³/mol. The van der Waals surface area contributed by atoms with Gasteiger partial charge in [0, 0.05) is 11.6 Å². The van der Waals surface area contributed by atoms with Gasteiger partial charge in [-0.3, -0.25) is 19.6 Å². The number of amides is 1. The number of nitrogens with zero attached hydrogens (tertiary/aromatic N) is 4. The monoisotopic (exact) mass is 408 g/mol. The van der Waals surface area contributed by atoms with Crippen LogP contribution >= 0.6 is 0 Å². The van der Waals surface area contributed by atoms with Crippen molar-refractivity contribution < 1.29 is 14.3 Å². The van der Waals surface area contributed by atoms with E-state index in [1.165, 1.54) is 20.0 Å². The van der Waals surface area contributed by atoms with Gasteiger partial charge in [-0.15, -0.1) is 0 Å². The first kappa shape index (κ1) is 19.6. The summed E-state index contributed by atoms with van der Waals surface area (Å²) in [6, 6.07) is 8.32. The first-order valence-corrected chi connectivity index (χ1v) is 9.40. The van der Waals surface area contributed by atoms with Crippen molar-refractivity contribution in [1.82, 2.24) is 25.0 Å². The number of pyridine rings is 1. The predicted octanol–water partition coefficient (Wildman–Crippen LogP) is 3.46. The molecule has 1 aromatic carbocycles. The van der Waals surface area contributed by atoms with Gasteiger partial charge in [0.15, 0.2) is 0 Å². The van der Waals surface area contributed by atoms with Crippen LogP contribution in [0, 0.1) is 0 Å². The number of H-pyrrole nitrogens is 1. The molecule has 0 fully saturated rings. The van der Waals surface area contributed by atoms with Gasteiger partial charge in [0.25, 0.3) is 0 Å². The van der Waals surface area contributed by atoms with Gasteiger partial charge >= 0.3 is 0 Å². The fourth-order valence-corrected chi connectivity index (χ4v) is 3.21. The van der Waals surface area contributed by atoms with Gasteiger partial charge in [0.1, 0.15) is 17.1 Å². The Kier molecular flexibility index (Phi) is 4.94. The van der Waals surface area contributed by atoms with Crippen molar-refractivity contribution in [3.8, 4) is 17.1 Å². The second-order valence-electron chi connectivity index (χ2n) is 7.70. The van der Waals surface area contributed by atoms with Crippen LogP contribution in [0.1, 0.15) is 19.4 Å². The van der Waals surface area contributed by atoms with Crippen molar-refractivity contribution in [3.05, 3.63) is 54.5 Å². The lowest BCUT2D eigenvalue weighted by Gasteiger charge is -2.14. The smallest absolute Gasteiger partial charge is 0.228 e. The highest BCUT2D eigenvalue weighted by atomic mass is 19.1. The lowest BCUT2D eigenvalue weighted by molar-refractivity contribution is -0.115. The minimum atomic E-state index is -1.42. The number of rotatable bonds is 6. The molecule has 0 spiro atoms. The number of phenolic OH excluding ortho intramolecular Hbond substituents is 1. The number of aromatic hydroxyl groups is 1. The molecule has 30 heavy (non-hydrogen) atoms. The van der Waals surface area contributed by atoms with E-state index in [1.807, 2.05) is 0 Å². The lowest BCUT2D eigenvalue weighted by Crippen LogP contribution is -2.21. The number of phenols is 1. The Morgan fingerprint density at radius 2 is 2.10 bits per heavy atom. The van der Waals surface area contributed by atoms with E-state index in [4.69, 9.17) is 0 Å². The number of benzene rings is 1. The van der Waals surface area contributed by atoms with Crippen LogP contribution in [0.3, 0.4) is 0 Å². The van der Waals surface area contributed by atoms with Crippen LogP contribution in [0.4, 0.5) is 10.1 Å². The first-order chi connectivity index (χ1) is 14.3. The van der Waals surface area contributed by atoms with Crippen LogP contribution in [0.5, 0.6) is 5.75 Å². The molecule has 0 saturated carbocycles. The summed E-state index contributed by atoms with van der Waals surface area (Å²) in [4.78, 5) is 16.9. The van der Waals surface area contributed by atoms with Gasteiger partial charge in [-0.1, -0.05) is 12.1 Å². The van der Waals surface area contributed by atoms with Gasteiger partial charge in [-0.05, 0) is 37.6 Å². The van der Waals surface area contributed by atoms with E-state index in [-0.39, 0.29) is 24.6 Å². The standard InChI is InChI=1S/C21H21FN6O2/c1-21(2,22)12-28-18-8-16(23-9-14(18)10-25-28)20-17(11-24-27-20)26-19(30)7-13-4-3-5-15(29)6-13/h3-6,8-11,29H,7,12H2,1-2H3,(H,24,27)(H,26,30). The molecule has 3 aromatic heterocycles. The summed E-state index contributed by atoms with van der Waals surface area (Å²) in [5.41, 5.74) is 1.57. The summed E-state index contributed by atoms with van der Waals surface area (Å²) >= 11 is 0. The molecule has 0 atom stereocenters. The van der Waals surface area contributed by atoms with Crippen LogP contribution in [0.2, 0.25) is 0 Å². The summed E-state index contributed by atoms with van der Waals surface area (Å²) in [5.74, 6) is -0.150. The van der Waals surface area contributed by atoms with E-state index in [2.05, 4.69) is 25.6 Å². The Balaban J connectivity index is 1.58. The zero-order valence-corrected chi connectivity index (χ0v) is 16.6. The number of aromatic amines is 1. The third kappa shape index (κ3) is 4.29. The van der Waals surface area contributed by atoms with E-state index in [9.17, 15) is 14.3 Å². The number of nitrogens with one attached hydrogen (secondary N) is 2. The number of alkyl halides is 1. The zero-order chi connectivity index (χ0) is 21.3. The molecule has 0 radical (unpaired) electrons. The number of carbonyl (C=O) groups is 1. The molecule has 8 nitrogen and oxygen atoms in total. The summed E-state index contributed by atoms with van der Waals surface area (Å²) in [6.45, 7) is 3.10. The Hall–Kier alpha value is -3.75. The Labute approximate surface area is 171 Å². The maximum absolute atomic E-state index is 14.1. The Morgan fingerprint density at radius 3 is 2.87 bits per heavy atom. The van der Waals surface area contributed by atoms with Gasteiger partial charge in [0.05, 0.1) is 42.3 Å². The molecule has 0 aliphatic heterocycles. The first-order valence-electron chi connectivity index (χ1n) is 9.40. The average molecular weight is 408 g/mol. The van der Waals surface area contributed by atoms with E-state index >= 15 is 0 Å². The van der Waals surface area contributed by atoms with Crippen LogP contribution in [0.25, 0.3) is 22.3 Å². The quantitative estimate of drug-likeness (QED) is 0.453. The normalized spacial score (nSPS) is 11.7. The lowest BCUT2D eigenvalue weighted by atomic mass is 10.1. The van der Waals surface area contributed by atoms with Crippen LogP contribution in [-0.2, 0) is 17.8 Å². The zero-order valence-electron chi connectivity index (χ0n) is 16.6. The average Bonchev–Trinajstić information content (AvgIpc) is 3.27. The maximum atomic E-state index is 14.1. The molecule has 1 amide bonds. The highest BCUT2D eigenvalue weighted by molar-refractivity contribution is 5.96.